The van der Waals surface area contributed by atoms with E-state index in [2.05, 4.69) is 0 Å². The van der Waals surface area contributed by atoms with E-state index in [9.17, 15) is 13.2 Å². The molecule has 0 aliphatic carbocycles. The SMILES string of the molecule is Cc1ccc(S(=O)(=O)N(CC(=O)N2c3ccccc3CC2C)c2ccccc2C)cc1. The maximum Gasteiger partial charge on any atom is 0.264 e. The summed E-state index contributed by atoms with van der Waals surface area (Å²) in [7, 11) is -3.93. The molecule has 1 aliphatic rings. The normalized spacial score (nSPS) is 15.6. The predicted molar refractivity (Wildman–Crippen MR) is 124 cm³/mol. The standard InChI is InChI=1S/C25H26N2O3S/c1-18-12-14-22(15-13-18)31(29,30)26(23-10-6-4-8-19(23)2)17-25(28)27-20(3)16-21-9-5-7-11-24(21)27/h4-15,20H,16-17H2,1-3H3. The van der Waals surface area contributed by atoms with Gasteiger partial charge in [-0.05, 0) is 62.6 Å². The number of sulfonamides is 1. The van der Waals surface area contributed by atoms with E-state index in [-0.39, 0.29) is 23.4 Å². The van der Waals surface area contributed by atoms with Crippen LogP contribution < -0.4 is 9.21 Å². The van der Waals surface area contributed by atoms with Gasteiger partial charge in [-0.2, -0.15) is 0 Å². The number of hydrogen-bond acceptors (Lipinski definition) is 3. The van der Waals surface area contributed by atoms with E-state index in [1.165, 1.54) is 4.31 Å². The molecule has 0 radical (unpaired) electrons. The summed E-state index contributed by atoms with van der Waals surface area (Å²) in [6.07, 6.45) is 0.761. The van der Waals surface area contributed by atoms with E-state index in [1.807, 2.05) is 57.2 Å². The number of hydrogen-bond donors (Lipinski definition) is 0. The lowest BCUT2D eigenvalue weighted by atomic mass is 10.1. The first kappa shape index (κ1) is 21.1. The number of aryl methyl sites for hydroxylation is 2. The molecular formula is C25H26N2O3S. The third-order valence-corrected chi connectivity index (χ3v) is 7.52. The molecule has 1 unspecified atom stereocenters. The van der Waals surface area contributed by atoms with Gasteiger partial charge in [0.05, 0.1) is 10.6 Å². The summed E-state index contributed by atoms with van der Waals surface area (Å²) in [5.74, 6) is -0.239. The van der Waals surface area contributed by atoms with Gasteiger partial charge in [0.25, 0.3) is 10.0 Å². The van der Waals surface area contributed by atoms with Crippen LogP contribution in [0.5, 0.6) is 0 Å². The van der Waals surface area contributed by atoms with Crippen LogP contribution in [0.2, 0.25) is 0 Å². The third kappa shape index (κ3) is 3.95. The van der Waals surface area contributed by atoms with Gasteiger partial charge in [0, 0.05) is 11.7 Å². The van der Waals surface area contributed by atoms with E-state index >= 15 is 0 Å². The molecular weight excluding hydrogens is 408 g/mol. The largest absolute Gasteiger partial charge is 0.307 e. The molecule has 0 fully saturated rings. The van der Waals surface area contributed by atoms with Crippen molar-refractivity contribution in [2.75, 3.05) is 15.7 Å². The van der Waals surface area contributed by atoms with Crippen molar-refractivity contribution < 1.29 is 13.2 Å². The highest BCUT2D eigenvalue weighted by atomic mass is 32.2. The molecule has 4 rings (SSSR count). The highest BCUT2D eigenvalue weighted by molar-refractivity contribution is 7.92. The number of para-hydroxylation sites is 2. The molecule has 1 amide bonds. The van der Waals surface area contributed by atoms with Gasteiger partial charge < -0.3 is 4.90 Å². The molecule has 1 aliphatic heterocycles. The smallest absolute Gasteiger partial charge is 0.264 e. The van der Waals surface area contributed by atoms with Crippen LogP contribution in [-0.2, 0) is 21.2 Å². The first-order valence-corrected chi connectivity index (χ1v) is 11.8. The molecule has 0 N–H and O–H groups in total. The van der Waals surface area contributed by atoms with Crippen molar-refractivity contribution in [3.05, 3.63) is 89.5 Å². The number of rotatable bonds is 5. The maximum atomic E-state index is 13.6. The van der Waals surface area contributed by atoms with Crippen LogP contribution in [0, 0.1) is 13.8 Å². The zero-order valence-corrected chi connectivity index (χ0v) is 18.8. The Labute approximate surface area is 184 Å². The summed E-state index contributed by atoms with van der Waals surface area (Å²) in [6, 6.07) is 21.7. The summed E-state index contributed by atoms with van der Waals surface area (Å²) in [4.78, 5) is 15.4. The lowest BCUT2D eigenvalue weighted by molar-refractivity contribution is -0.117. The Morgan fingerprint density at radius 2 is 1.61 bits per heavy atom. The summed E-state index contributed by atoms with van der Waals surface area (Å²) in [5, 5.41) is 0. The Hall–Kier alpha value is -3.12. The van der Waals surface area contributed by atoms with Crippen LogP contribution in [0.1, 0.15) is 23.6 Å². The maximum absolute atomic E-state index is 13.6. The van der Waals surface area contributed by atoms with Crippen LogP contribution in [0.4, 0.5) is 11.4 Å². The molecule has 6 heteroatoms. The molecule has 3 aromatic rings. The molecule has 0 saturated carbocycles. The molecule has 0 spiro atoms. The van der Waals surface area contributed by atoms with E-state index in [0.29, 0.717) is 5.69 Å². The fraction of sp³-hybridized carbons (Fsp3) is 0.240. The molecule has 3 aromatic carbocycles. The Kier molecular flexibility index (Phi) is 5.58. The second-order valence-electron chi connectivity index (χ2n) is 8.06. The van der Waals surface area contributed by atoms with Gasteiger partial charge in [0.1, 0.15) is 6.54 Å². The highest BCUT2D eigenvalue weighted by Gasteiger charge is 2.35. The topological polar surface area (TPSA) is 57.7 Å². The van der Waals surface area contributed by atoms with Gasteiger partial charge in [-0.25, -0.2) is 8.42 Å². The number of carbonyl (C=O) groups excluding carboxylic acids is 1. The highest BCUT2D eigenvalue weighted by Crippen LogP contribution is 2.33. The Morgan fingerprint density at radius 1 is 0.968 bits per heavy atom. The Morgan fingerprint density at radius 3 is 2.32 bits per heavy atom. The molecule has 0 aromatic heterocycles. The minimum atomic E-state index is -3.93. The van der Waals surface area contributed by atoms with Crippen molar-refractivity contribution in [1.82, 2.24) is 0 Å². The minimum absolute atomic E-state index is 0.0225. The molecule has 31 heavy (non-hydrogen) atoms. The fourth-order valence-corrected chi connectivity index (χ4v) is 5.60. The van der Waals surface area contributed by atoms with Gasteiger partial charge in [0.15, 0.2) is 0 Å². The quantitative estimate of drug-likeness (QED) is 0.595. The summed E-state index contributed by atoms with van der Waals surface area (Å²) in [6.45, 7) is 5.49. The van der Waals surface area contributed by atoms with Crippen LogP contribution in [-0.4, -0.2) is 26.9 Å². The zero-order chi connectivity index (χ0) is 22.2. The van der Waals surface area contributed by atoms with E-state index in [4.69, 9.17) is 0 Å². The van der Waals surface area contributed by atoms with Crippen molar-refractivity contribution >= 4 is 27.3 Å². The van der Waals surface area contributed by atoms with Crippen molar-refractivity contribution in [3.8, 4) is 0 Å². The molecule has 0 saturated heterocycles. The molecule has 160 valence electrons. The van der Waals surface area contributed by atoms with E-state index in [0.717, 1.165) is 28.8 Å². The number of amides is 1. The van der Waals surface area contributed by atoms with Gasteiger partial charge in [-0.1, -0.05) is 54.1 Å². The second kappa shape index (κ2) is 8.19. The Bertz CT molecular complexity index is 1220. The number of fused-ring (bicyclic) bond motifs is 1. The van der Waals surface area contributed by atoms with Crippen LogP contribution in [0.25, 0.3) is 0 Å². The predicted octanol–water partition coefficient (Wildman–Crippen LogP) is 4.48. The van der Waals surface area contributed by atoms with Gasteiger partial charge in [-0.3, -0.25) is 9.10 Å². The van der Waals surface area contributed by atoms with Crippen molar-refractivity contribution in [2.45, 2.75) is 38.1 Å². The number of benzene rings is 3. The van der Waals surface area contributed by atoms with Crippen molar-refractivity contribution in [1.29, 1.82) is 0 Å². The summed E-state index contributed by atoms with van der Waals surface area (Å²) >= 11 is 0. The average molecular weight is 435 g/mol. The second-order valence-corrected chi connectivity index (χ2v) is 9.92. The van der Waals surface area contributed by atoms with Crippen molar-refractivity contribution in [2.24, 2.45) is 0 Å². The minimum Gasteiger partial charge on any atom is -0.307 e. The zero-order valence-electron chi connectivity index (χ0n) is 17.9. The van der Waals surface area contributed by atoms with Gasteiger partial charge in [0.2, 0.25) is 5.91 Å². The molecule has 1 heterocycles. The molecule has 0 bridgehead atoms. The average Bonchev–Trinajstić information content (AvgIpc) is 3.08. The van der Waals surface area contributed by atoms with Gasteiger partial charge >= 0.3 is 0 Å². The Balaban J connectivity index is 1.75. The number of nitrogens with zero attached hydrogens (tertiary/aromatic N) is 2. The van der Waals surface area contributed by atoms with Crippen LogP contribution >= 0.6 is 0 Å². The summed E-state index contributed by atoms with van der Waals surface area (Å²) < 4.78 is 28.5. The lowest BCUT2D eigenvalue weighted by Gasteiger charge is -2.29. The van der Waals surface area contributed by atoms with Gasteiger partial charge in [-0.15, -0.1) is 0 Å². The third-order valence-electron chi connectivity index (χ3n) is 5.75. The lowest BCUT2D eigenvalue weighted by Crippen LogP contribution is -2.45. The summed E-state index contributed by atoms with van der Waals surface area (Å²) in [5.41, 5.74) is 4.24. The number of anilines is 2. The first-order chi connectivity index (χ1) is 14.8. The fourth-order valence-electron chi connectivity index (χ4n) is 4.12. The van der Waals surface area contributed by atoms with E-state index in [1.54, 1.807) is 41.3 Å². The van der Waals surface area contributed by atoms with Crippen LogP contribution in [0.3, 0.4) is 0 Å². The van der Waals surface area contributed by atoms with Crippen LogP contribution in [0.15, 0.2) is 77.7 Å². The monoisotopic (exact) mass is 434 g/mol. The molecule has 1 atom stereocenters. The van der Waals surface area contributed by atoms with Crippen molar-refractivity contribution in [3.63, 3.8) is 0 Å². The number of carbonyl (C=O) groups is 1. The molecule has 5 nitrogen and oxygen atoms in total. The van der Waals surface area contributed by atoms with E-state index < -0.39 is 10.0 Å². The first-order valence-electron chi connectivity index (χ1n) is 10.3.